The van der Waals surface area contributed by atoms with Gasteiger partial charge in [0.15, 0.2) is 0 Å². The largest absolute Gasteiger partial charge is 0.379 e. The molecule has 1 aliphatic rings. The van der Waals surface area contributed by atoms with E-state index in [4.69, 9.17) is 5.41 Å². The lowest BCUT2D eigenvalue weighted by atomic mass is 9.93. The van der Waals surface area contributed by atoms with E-state index in [1.54, 1.807) is 12.4 Å². The van der Waals surface area contributed by atoms with Gasteiger partial charge in [0.1, 0.15) is 5.70 Å². The molecule has 1 unspecified atom stereocenters. The van der Waals surface area contributed by atoms with Crippen molar-refractivity contribution in [3.05, 3.63) is 77.3 Å². The maximum Gasteiger partial charge on any atom is 0.268 e. The average Bonchev–Trinajstić information content (AvgIpc) is 2.99. The highest BCUT2D eigenvalue weighted by molar-refractivity contribution is 6.18. The number of hydrogen-bond donors (Lipinski definition) is 4. The number of carbonyl (C=O) groups excluding carboxylic acids is 1. The number of aromatic nitrogens is 1. The first kappa shape index (κ1) is 16.9. The molecule has 6 nitrogen and oxygen atoms in total. The van der Waals surface area contributed by atoms with Crippen LogP contribution < -0.4 is 16.0 Å². The predicted octanol–water partition coefficient (Wildman–Crippen LogP) is 1.38. The molecule has 1 amide bonds. The van der Waals surface area contributed by atoms with Crippen LogP contribution in [0.2, 0.25) is 0 Å². The van der Waals surface area contributed by atoms with E-state index < -0.39 is 0 Å². The number of amides is 1. The Balaban J connectivity index is 2.02. The number of nitrogens with one attached hydrogen (secondary N) is 4. The number of rotatable bonds is 7. The van der Waals surface area contributed by atoms with Crippen molar-refractivity contribution in [2.75, 3.05) is 20.1 Å². The average molecular weight is 335 g/mol. The molecule has 3 rings (SSSR count). The molecule has 6 heteroatoms. The number of carbonyl (C=O) groups is 1. The van der Waals surface area contributed by atoms with Gasteiger partial charge in [-0.25, -0.2) is 0 Å². The van der Waals surface area contributed by atoms with E-state index in [2.05, 4.69) is 20.9 Å². The molecule has 0 saturated carbocycles. The molecule has 0 bridgehead atoms. The molecule has 128 valence electrons. The number of pyridine rings is 1. The summed E-state index contributed by atoms with van der Waals surface area (Å²) in [4.78, 5) is 16.7. The molecular formula is C19H21N5O. The van der Waals surface area contributed by atoms with Crippen LogP contribution in [-0.4, -0.2) is 36.7 Å². The van der Waals surface area contributed by atoms with Gasteiger partial charge >= 0.3 is 0 Å². The highest BCUT2D eigenvalue weighted by Crippen LogP contribution is 2.31. The third-order valence-corrected chi connectivity index (χ3v) is 4.09. The van der Waals surface area contributed by atoms with Crippen LogP contribution in [0.25, 0.3) is 0 Å². The lowest BCUT2D eigenvalue weighted by molar-refractivity contribution is -0.117. The highest BCUT2D eigenvalue weighted by atomic mass is 16.2. The van der Waals surface area contributed by atoms with Gasteiger partial charge in [0.05, 0.1) is 11.8 Å². The number of likely N-dealkylation sites (N-methyl/N-ethyl adjacent to an activating group) is 1. The van der Waals surface area contributed by atoms with E-state index in [1.165, 1.54) is 0 Å². The van der Waals surface area contributed by atoms with Gasteiger partial charge in [0.25, 0.3) is 5.91 Å². The lowest BCUT2D eigenvalue weighted by Gasteiger charge is -2.17. The fourth-order valence-corrected chi connectivity index (χ4v) is 2.86. The second kappa shape index (κ2) is 7.72. The molecule has 1 aromatic heterocycles. The van der Waals surface area contributed by atoms with E-state index in [-0.39, 0.29) is 11.9 Å². The summed E-state index contributed by atoms with van der Waals surface area (Å²) in [7, 11) is 1.86. The van der Waals surface area contributed by atoms with Crippen molar-refractivity contribution in [2.24, 2.45) is 0 Å². The van der Waals surface area contributed by atoms with Crippen LogP contribution in [0.1, 0.15) is 17.2 Å². The molecule has 1 atom stereocenters. The molecular weight excluding hydrogens is 314 g/mol. The summed E-state index contributed by atoms with van der Waals surface area (Å²) >= 11 is 0. The summed E-state index contributed by atoms with van der Waals surface area (Å²) < 4.78 is 0. The van der Waals surface area contributed by atoms with Gasteiger partial charge < -0.3 is 16.0 Å². The third kappa shape index (κ3) is 3.59. The predicted molar refractivity (Wildman–Crippen MR) is 97.3 cm³/mol. The van der Waals surface area contributed by atoms with Crippen molar-refractivity contribution < 1.29 is 4.79 Å². The lowest BCUT2D eigenvalue weighted by Crippen LogP contribution is -2.30. The van der Waals surface area contributed by atoms with Gasteiger partial charge in [-0.1, -0.05) is 36.4 Å². The van der Waals surface area contributed by atoms with Crippen molar-refractivity contribution in [3.8, 4) is 0 Å². The Morgan fingerprint density at radius 1 is 1.20 bits per heavy atom. The number of nitrogens with zero attached hydrogens (tertiary/aromatic N) is 1. The molecule has 2 heterocycles. The van der Waals surface area contributed by atoms with Gasteiger partial charge in [0.2, 0.25) is 0 Å². The van der Waals surface area contributed by atoms with Gasteiger partial charge in [-0.3, -0.25) is 15.2 Å². The summed E-state index contributed by atoms with van der Waals surface area (Å²) in [5, 5.41) is 17.9. The molecule has 25 heavy (non-hydrogen) atoms. The molecule has 0 aliphatic carbocycles. The molecule has 1 aromatic carbocycles. The van der Waals surface area contributed by atoms with Gasteiger partial charge in [-0.15, -0.1) is 0 Å². The second-order valence-electron chi connectivity index (χ2n) is 5.75. The van der Waals surface area contributed by atoms with Crippen LogP contribution in [0.15, 0.2) is 66.1 Å². The van der Waals surface area contributed by atoms with Crippen molar-refractivity contribution in [1.29, 1.82) is 5.41 Å². The van der Waals surface area contributed by atoms with Crippen LogP contribution in [-0.2, 0) is 4.79 Å². The second-order valence-corrected chi connectivity index (χ2v) is 5.75. The summed E-state index contributed by atoms with van der Waals surface area (Å²) in [6, 6.07) is 12.8. The monoisotopic (exact) mass is 335 g/mol. The topological polar surface area (TPSA) is 89.9 Å². The van der Waals surface area contributed by atoms with E-state index in [1.807, 2.05) is 49.5 Å². The molecule has 0 radical (unpaired) electrons. The zero-order chi connectivity index (χ0) is 17.6. The minimum absolute atomic E-state index is 0.194. The summed E-state index contributed by atoms with van der Waals surface area (Å²) in [5.74, 6) is -0.194. The zero-order valence-electron chi connectivity index (χ0n) is 14.0. The quantitative estimate of drug-likeness (QED) is 0.455. The van der Waals surface area contributed by atoms with Gasteiger partial charge in [-0.05, 0) is 24.2 Å². The summed E-state index contributed by atoms with van der Waals surface area (Å²) in [5.41, 5.74) is 3.07. The molecule has 0 fully saturated rings. The third-order valence-electron chi connectivity index (χ3n) is 4.09. The Labute approximate surface area is 146 Å². The smallest absolute Gasteiger partial charge is 0.268 e. The van der Waals surface area contributed by atoms with E-state index >= 15 is 0 Å². The van der Waals surface area contributed by atoms with Crippen LogP contribution in [0.4, 0.5) is 0 Å². The molecule has 0 spiro atoms. The van der Waals surface area contributed by atoms with E-state index in [0.717, 1.165) is 17.7 Å². The zero-order valence-corrected chi connectivity index (χ0v) is 14.0. The minimum Gasteiger partial charge on any atom is -0.379 e. The Morgan fingerprint density at radius 3 is 2.68 bits per heavy atom. The Morgan fingerprint density at radius 2 is 2.00 bits per heavy atom. The SMILES string of the molecule is CNCCNC1=C(C(=N)c2ccccc2)C(c2cccnc2)NC1=O. The Kier molecular flexibility index (Phi) is 5.20. The van der Waals surface area contributed by atoms with Crippen molar-refractivity contribution >= 4 is 11.6 Å². The minimum atomic E-state index is -0.383. The van der Waals surface area contributed by atoms with Crippen molar-refractivity contribution in [2.45, 2.75) is 6.04 Å². The van der Waals surface area contributed by atoms with Crippen LogP contribution in [0.3, 0.4) is 0 Å². The molecule has 0 saturated heterocycles. The van der Waals surface area contributed by atoms with Gasteiger partial charge in [0, 0.05) is 31.1 Å². The number of hydrogen-bond acceptors (Lipinski definition) is 5. The van der Waals surface area contributed by atoms with Crippen LogP contribution in [0.5, 0.6) is 0 Å². The fraction of sp³-hybridized carbons (Fsp3) is 0.211. The summed E-state index contributed by atoms with van der Waals surface area (Å²) in [6.45, 7) is 1.32. The van der Waals surface area contributed by atoms with E-state index in [9.17, 15) is 4.79 Å². The molecule has 1 aliphatic heterocycles. The standard InChI is InChI=1S/C19H21N5O/c1-21-10-11-23-18-15(16(20)13-6-3-2-4-7-13)17(24-19(18)25)14-8-5-9-22-12-14/h2-9,12,17,20-21,23H,10-11H2,1H3,(H,24,25). The normalized spacial score (nSPS) is 16.7. The number of benzene rings is 1. The first-order chi connectivity index (χ1) is 12.2. The molecule has 4 N–H and O–H groups in total. The highest BCUT2D eigenvalue weighted by Gasteiger charge is 2.35. The van der Waals surface area contributed by atoms with Crippen LogP contribution in [0, 0.1) is 5.41 Å². The first-order valence-electron chi connectivity index (χ1n) is 8.20. The maximum absolute atomic E-state index is 12.5. The molecule has 2 aromatic rings. The fourth-order valence-electron chi connectivity index (χ4n) is 2.86. The Bertz CT molecular complexity index is 786. The van der Waals surface area contributed by atoms with Crippen molar-refractivity contribution in [3.63, 3.8) is 0 Å². The Hall–Kier alpha value is -2.99. The van der Waals surface area contributed by atoms with Crippen LogP contribution >= 0.6 is 0 Å². The first-order valence-corrected chi connectivity index (χ1v) is 8.20. The van der Waals surface area contributed by atoms with E-state index in [0.29, 0.717) is 23.5 Å². The summed E-state index contributed by atoms with van der Waals surface area (Å²) in [6.07, 6.45) is 3.41. The van der Waals surface area contributed by atoms with Crippen molar-refractivity contribution in [1.82, 2.24) is 20.9 Å². The maximum atomic E-state index is 12.5. The van der Waals surface area contributed by atoms with Gasteiger partial charge in [-0.2, -0.15) is 0 Å².